The van der Waals surface area contributed by atoms with Crippen molar-refractivity contribution in [2.45, 2.75) is 45.1 Å². The summed E-state index contributed by atoms with van der Waals surface area (Å²) in [4.78, 5) is 10.6. The maximum atomic E-state index is 4.96. The van der Waals surface area contributed by atoms with E-state index in [0.29, 0.717) is 6.04 Å². The highest BCUT2D eigenvalue weighted by atomic mass is 32.1. The zero-order valence-corrected chi connectivity index (χ0v) is 15.0. The molecular weight excluding hydrogens is 316 g/mol. The van der Waals surface area contributed by atoms with Crippen LogP contribution < -0.4 is 4.80 Å². The second-order valence-electron chi connectivity index (χ2n) is 6.62. The number of rotatable bonds is 2. The van der Waals surface area contributed by atoms with Crippen LogP contribution in [-0.2, 0) is 7.05 Å². The third-order valence-corrected chi connectivity index (χ3v) is 5.70. The summed E-state index contributed by atoms with van der Waals surface area (Å²) in [5.41, 5.74) is 3.29. The predicted octanol–water partition coefficient (Wildman–Crippen LogP) is 4.24. The lowest BCUT2D eigenvalue weighted by molar-refractivity contribution is 0.434. The largest absolute Gasteiger partial charge is 0.255 e. The summed E-state index contributed by atoms with van der Waals surface area (Å²) < 4.78 is 1.92. The van der Waals surface area contributed by atoms with Crippen molar-refractivity contribution in [1.82, 2.24) is 14.8 Å². The molecule has 0 N–H and O–H groups in total. The molecule has 0 spiro atoms. The lowest BCUT2D eigenvalue weighted by Crippen LogP contribution is -2.18. The summed E-state index contributed by atoms with van der Waals surface area (Å²) in [5, 5.41) is 6.88. The number of benzene rings is 1. The number of nitrogens with zero attached hydrogens (tertiary/aromatic N) is 4. The first-order chi connectivity index (χ1) is 11.7. The minimum Gasteiger partial charge on any atom is -0.255 e. The van der Waals surface area contributed by atoms with E-state index in [1.807, 2.05) is 17.9 Å². The minimum atomic E-state index is 0.464. The molecule has 2 aromatic heterocycles. The van der Waals surface area contributed by atoms with E-state index in [2.05, 4.69) is 36.2 Å². The quantitative estimate of drug-likeness (QED) is 0.701. The highest BCUT2D eigenvalue weighted by molar-refractivity contribution is 7.12. The van der Waals surface area contributed by atoms with Crippen LogP contribution in [0.4, 0.5) is 0 Å². The smallest absolute Gasteiger partial charge is 0.203 e. The Bertz CT molecular complexity index is 932. The van der Waals surface area contributed by atoms with Crippen molar-refractivity contribution in [2.24, 2.45) is 12.0 Å². The topological polar surface area (TPSA) is 43.1 Å². The maximum Gasteiger partial charge on any atom is 0.203 e. The van der Waals surface area contributed by atoms with Gasteiger partial charge in [0.1, 0.15) is 5.01 Å². The van der Waals surface area contributed by atoms with Crippen LogP contribution in [0.25, 0.3) is 21.5 Å². The third kappa shape index (κ3) is 3.00. The van der Waals surface area contributed by atoms with E-state index < -0.39 is 0 Å². The Morgan fingerprint density at radius 3 is 2.88 bits per heavy atom. The molecule has 5 heteroatoms. The van der Waals surface area contributed by atoms with Crippen molar-refractivity contribution in [3.63, 3.8) is 0 Å². The van der Waals surface area contributed by atoms with Crippen molar-refractivity contribution >= 4 is 22.2 Å². The monoisotopic (exact) mass is 338 g/mol. The van der Waals surface area contributed by atoms with Crippen LogP contribution in [-0.4, -0.2) is 20.8 Å². The molecule has 0 radical (unpaired) electrons. The van der Waals surface area contributed by atoms with Gasteiger partial charge in [-0.05, 0) is 37.5 Å². The van der Waals surface area contributed by atoms with Gasteiger partial charge < -0.3 is 0 Å². The highest BCUT2D eigenvalue weighted by Crippen LogP contribution is 2.28. The minimum absolute atomic E-state index is 0.464. The molecule has 124 valence electrons. The number of para-hydroxylation sites is 1. The molecule has 4 nitrogen and oxygen atoms in total. The van der Waals surface area contributed by atoms with Crippen LogP contribution >= 0.6 is 11.3 Å². The highest BCUT2D eigenvalue weighted by Gasteiger charge is 2.14. The summed E-state index contributed by atoms with van der Waals surface area (Å²) in [5.74, 6) is 0. The summed E-state index contributed by atoms with van der Waals surface area (Å²) >= 11 is 1.67. The molecule has 0 amide bonds. The first kappa shape index (κ1) is 15.5. The summed E-state index contributed by atoms with van der Waals surface area (Å²) in [6.07, 6.45) is 8.30. The first-order valence-electron chi connectivity index (χ1n) is 8.64. The summed E-state index contributed by atoms with van der Waals surface area (Å²) in [7, 11) is 1.99. The third-order valence-electron chi connectivity index (χ3n) is 4.65. The summed E-state index contributed by atoms with van der Waals surface area (Å²) in [6, 6.07) is 8.94. The Labute approximate surface area is 145 Å². The molecule has 2 heterocycles. The van der Waals surface area contributed by atoms with Crippen molar-refractivity contribution in [3.05, 3.63) is 40.8 Å². The zero-order chi connectivity index (χ0) is 16.5. The molecule has 1 aliphatic carbocycles. The van der Waals surface area contributed by atoms with Gasteiger partial charge in [-0.15, -0.1) is 0 Å². The molecule has 3 aromatic rings. The Balaban J connectivity index is 1.78. The number of aromatic nitrogens is 3. The molecule has 0 atom stereocenters. The number of hydrogen-bond acceptors (Lipinski definition) is 4. The first-order valence-corrected chi connectivity index (χ1v) is 9.46. The van der Waals surface area contributed by atoms with Crippen LogP contribution in [0.5, 0.6) is 0 Å². The molecule has 0 saturated heterocycles. The van der Waals surface area contributed by atoms with E-state index in [0.717, 1.165) is 26.3 Å². The van der Waals surface area contributed by atoms with Gasteiger partial charge in [0, 0.05) is 24.2 Å². The van der Waals surface area contributed by atoms with Gasteiger partial charge in [-0.1, -0.05) is 42.7 Å². The molecule has 1 saturated carbocycles. The SMILES string of the molecule is Cc1cnc2c(-c3nn(C)c(=NC4CCCCC4)s3)cccc2c1. The fourth-order valence-electron chi connectivity index (χ4n) is 3.38. The number of aryl methyl sites for hydroxylation is 2. The standard InChI is InChI=1S/C19H22N4S/c1-13-11-14-7-6-10-16(17(14)20-12-13)18-22-23(2)19(24-18)21-15-8-4-3-5-9-15/h6-7,10-12,15H,3-5,8-9H2,1-2H3. The molecule has 0 aliphatic heterocycles. The zero-order valence-electron chi connectivity index (χ0n) is 14.2. The Hall–Kier alpha value is -2.01. The second-order valence-corrected chi connectivity index (χ2v) is 7.58. The van der Waals surface area contributed by atoms with Crippen molar-refractivity contribution < 1.29 is 0 Å². The Morgan fingerprint density at radius 1 is 1.21 bits per heavy atom. The van der Waals surface area contributed by atoms with Crippen molar-refractivity contribution in [1.29, 1.82) is 0 Å². The Morgan fingerprint density at radius 2 is 2.04 bits per heavy atom. The van der Waals surface area contributed by atoms with Crippen molar-refractivity contribution in [3.8, 4) is 10.6 Å². The van der Waals surface area contributed by atoms with Crippen molar-refractivity contribution in [2.75, 3.05) is 0 Å². The van der Waals surface area contributed by atoms with E-state index in [4.69, 9.17) is 10.1 Å². The molecule has 0 bridgehead atoms. The van der Waals surface area contributed by atoms with Crippen LogP contribution in [0, 0.1) is 6.92 Å². The molecule has 4 rings (SSSR count). The molecule has 0 unspecified atom stereocenters. The normalized spacial score (nSPS) is 16.8. The van der Waals surface area contributed by atoms with Gasteiger partial charge in [0.15, 0.2) is 0 Å². The average Bonchev–Trinajstić information content (AvgIpc) is 2.95. The molecule has 1 fully saturated rings. The van der Waals surface area contributed by atoms with Gasteiger partial charge in [0.25, 0.3) is 0 Å². The lowest BCUT2D eigenvalue weighted by Gasteiger charge is -2.16. The van der Waals surface area contributed by atoms with E-state index in [1.54, 1.807) is 11.3 Å². The van der Waals surface area contributed by atoms with Gasteiger partial charge in [-0.25, -0.2) is 4.68 Å². The second kappa shape index (κ2) is 6.48. The predicted molar refractivity (Wildman–Crippen MR) is 99.0 cm³/mol. The van der Waals surface area contributed by atoms with Gasteiger partial charge in [0.05, 0.1) is 11.6 Å². The van der Waals surface area contributed by atoms with Crippen LogP contribution in [0.15, 0.2) is 35.5 Å². The molecule has 1 aliphatic rings. The molecule has 24 heavy (non-hydrogen) atoms. The van der Waals surface area contributed by atoms with Crippen LogP contribution in [0.3, 0.4) is 0 Å². The van der Waals surface area contributed by atoms with Gasteiger partial charge >= 0.3 is 0 Å². The van der Waals surface area contributed by atoms with Crippen LogP contribution in [0.2, 0.25) is 0 Å². The summed E-state index contributed by atoms with van der Waals surface area (Å²) in [6.45, 7) is 2.07. The fourth-order valence-corrected chi connectivity index (χ4v) is 4.37. The number of hydrogen-bond donors (Lipinski definition) is 0. The van der Waals surface area contributed by atoms with E-state index in [-0.39, 0.29) is 0 Å². The van der Waals surface area contributed by atoms with Gasteiger partial charge in [0.2, 0.25) is 4.80 Å². The number of pyridine rings is 1. The fraction of sp³-hybridized carbons (Fsp3) is 0.421. The van der Waals surface area contributed by atoms with Crippen LogP contribution in [0.1, 0.15) is 37.7 Å². The average molecular weight is 338 g/mol. The number of fused-ring (bicyclic) bond motifs is 1. The van der Waals surface area contributed by atoms with E-state index in [9.17, 15) is 0 Å². The van der Waals surface area contributed by atoms with E-state index in [1.165, 1.54) is 37.7 Å². The maximum absolute atomic E-state index is 4.96. The lowest BCUT2D eigenvalue weighted by atomic mass is 9.96. The molecule has 1 aromatic carbocycles. The van der Waals surface area contributed by atoms with Gasteiger partial charge in [-0.3, -0.25) is 9.98 Å². The van der Waals surface area contributed by atoms with Gasteiger partial charge in [-0.2, -0.15) is 5.10 Å². The van der Waals surface area contributed by atoms with E-state index >= 15 is 0 Å². The Kier molecular flexibility index (Phi) is 4.19. The molecular formula is C19H22N4S.